The van der Waals surface area contributed by atoms with Crippen LogP contribution in [0.15, 0.2) is 24.3 Å². The van der Waals surface area contributed by atoms with Gasteiger partial charge < -0.3 is 9.84 Å². The summed E-state index contributed by atoms with van der Waals surface area (Å²) in [4.78, 5) is 11.9. The summed E-state index contributed by atoms with van der Waals surface area (Å²) in [6.07, 6.45) is 4.49. The van der Waals surface area contributed by atoms with Gasteiger partial charge in [-0.2, -0.15) is 13.2 Å². The van der Waals surface area contributed by atoms with Crippen molar-refractivity contribution in [2.75, 3.05) is 6.61 Å². The Kier molecular flexibility index (Phi) is 5.00. The number of rotatable bonds is 3. The Hall–Kier alpha value is -1.30. The van der Waals surface area contributed by atoms with Gasteiger partial charge in [-0.1, -0.05) is 26.8 Å². The average Bonchev–Trinajstić information content (AvgIpc) is 2.81. The van der Waals surface area contributed by atoms with Crippen molar-refractivity contribution in [1.29, 1.82) is 0 Å². The molecule has 6 heteroatoms. The molecule has 0 saturated heterocycles. The zero-order valence-corrected chi connectivity index (χ0v) is 18.0. The summed E-state index contributed by atoms with van der Waals surface area (Å²) >= 11 is 0. The van der Waals surface area contributed by atoms with Gasteiger partial charge in [0.25, 0.3) is 0 Å². The maximum atomic E-state index is 12.3. The number of esters is 1. The molecule has 4 aliphatic rings. The largest absolute Gasteiger partial charge is 0.462 e. The predicted octanol–water partition coefficient (Wildman–Crippen LogP) is 5.73. The maximum Gasteiger partial charge on any atom is 0.410 e. The third kappa shape index (κ3) is 3.43. The van der Waals surface area contributed by atoms with Crippen LogP contribution in [0.1, 0.15) is 71.6 Å². The predicted molar refractivity (Wildman–Crippen MR) is 107 cm³/mol. The van der Waals surface area contributed by atoms with Crippen LogP contribution in [0.4, 0.5) is 13.2 Å². The first-order valence-corrected chi connectivity index (χ1v) is 11.2. The normalized spacial score (nSPS) is 45.9. The second-order valence-electron chi connectivity index (χ2n) is 11.0. The van der Waals surface area contributed by atoms with E-state index in [1.807, 2.05) is 0 Å². The minimum atomic E-state index is -4.52. The molecule has 4 saturated carbocycles. The lowest BCUT2D eigenvalue weighted by Gasteiger charge is -2.64. The highest BCUT2D eigenvalue weighted by molar-refractivity contribution is 5.82. The van der Waals surface area contributed by atoms with Crippen molar-refractivity contribution < 1.29 is 27.8 Å². The monoisotopic (exact) mass is 426 g/mol. The third-order valence-electron chi connectivity index (χ3n) is 9.23. The number of allylic oxidation sites excluding steroid dienone is 1. The van der Waals surface area contributed by atoms with Gasteiger partial charge in [0.2, 0.25) is 0 Å². The Labute approximate surface area is 176 Å². The number of ether oxygens (including phenoxy) is 1. The van der Waals surface area contributed by atoms with Crippen LogP contribution in [-0.4, -0.2) is 29.5 Å². The molecule has 0 radical (unpaired) electrons. The van der Waals surface area contributed by atoms with Gasteiger partial charge in [-0.05, 0) is 79.6 Å². The van der Waals surface area contributed by atoms with E-state index in [1.165, 1.54) is 0 Å². The molecule has 1 spiro atoms. The standard InChI is InChI=1S/C24H33F3O3/c1-16-13-22-10-5-17-20(2,15-30-19(28)7-12-24(25,26)27)8-4-9-21(17,3)18(22)6-11-23(16,29)14-22/h7,12,17-18,29H,1,4-6,8-11,13-15H2,2-3H3/b12-7+/t17-,18+,20+,21-,22-,23+/m1/s1. The van der Waals surface area contributed by atoms with Gasteiger partial charge in [0.05, 0.1) is 12.2 Å². The molecule has 0 aliphatic heterocycles. The highest BCUT2D eigenvalue weighted by Crippen LogP contribution is 2.72. The van der Waals surface area contributed by atoms with Gasteiger partial charge in [0.1, 0.15) is 0 Å². The summed E-state index contributed by atoms with van der Waals surface area (Å²) in [5.41, 5.74) is 0.277. The van der Waals surface area contributed by atoms with Crippen molar-refractivity contribution >= 4 is 5.97 Å². The van der Waals surface area contributed by atoms with E-state index in [9.17, 15) is 23.1 Å². The van der Waals surface area contributed by atoms with E-state index in [0.717, 1.165) is 63.4 Å². The summed E-state index contributed by atoms with van der Waals surface area (Å²) < 4.78 is 42.3. The van der Waals surface area contributed by atoms with Crippen LogP contribution in [0.3, 0.4) is 0 Å². The second-order valence-corrected chi connectivity index (χ2v) is 11.0. The van der Waals surface area contributed by atoms with Crippen LogP contribution in [-0.2, 0) is 9.53 Å². The molecule has 2 bridgehead atoms. The van der Waals surface area contributed by atoms with Crippen LogP contribution in [0, 0.1) is 28.1 Å². The van der Waals surface area contributed by atoms with Crippen LogP contribution >= 0.6 is 0 Å². The summed E-state index contributed by atoms with van der Waals surface area (Å²) in [6, 6.07) is 0. The number of alkyl halides is 3. The molecule has 0 heterocycles. The van der Waals surface area contributed by atoms with Crippen molar-refractivity contribution in [1.82, 2.24) is 0 Å². The fourth-order valence-corrected chi connectivity index (χ4v) is 8.10. The van der Waals surface area contributed by atoms with Gasteiger partial charge in [0.15, 0.2) is 0 Å². The van der Waals surface area contributed by atoms with Gasteiger partial charge in [-0.25, -0.2) is 4.79 Å². The molecule has 3 nitrogen and oxygen atoms in total. The van der Waals surface area contributed by atoms with Crippen molar-refractivity contribution in [2.45, 2.75) is 83.4 Å². The van der Waals surface area contributed by atoms with Crippen molar-refractivity contribution in [3.8, 4) is 0 Å². The highest BCUT2D eigenvalue weighted by atomic mass is 19.4. The van der Waals surface area contributed by atoms with Crippen molar-refractivity contribution in [3.63, 3.8) is 0 Å². The van der Waals surface area contributed by atoms with E-state index in [-0.39, 0.29) is 28.9 Å². The number of hydrogen-bond acceptors (Lipinski definition) is 3. The summed E-state index contributed by atoms with van der Waals surface area (Å²) in [6.45, 7) is 8.87. The smallest absolute Gasteiger partial charge is 0.410 e. The summed E-state index contributed by atoms with van der Waals surface area (Å²) in [5.74, 6) is -0.0690. The molecule has 4 fully saturated rings. The van der Waals surface area contributed by atoms with Crippen molar-refractivity contribution in [3.05, 3.63) is 24.3 Å². The molecular formula is C24H33F3O3. The van der Waals surface area contributed by atoms with E-state index in [2.05, 4.69) is 20.4 Å². The third-order valence-corrected chi connectivity index (χ3v) is 9.23. The van der Waals surface area contributed by atoms with Crippen LogP contribution in [0.5, 0.6) is 0 Å². The maximum absolute atomic E-state index is 12.3. The molecule has 0 aromatic rings. The topological polar surface area (TPSA) is 46.5 Å². The highest BCUT2D eigenvalue weighted by Gasteiger charge is 2.66. The first-order valence-electron chi connectivity index (χ1n) is 11.2. The number of halogens is 3. The minimum Gasteiger partial charge on any atom is -0.462 e. The molecule has 0 aromatic heterocycles. The van der Waals surface area contributed by atoms with Gasteiger partial charge >= 0.3 is 12.1 Å². The number of carbonyl (C=O) groups is 1. The number of carbonyl (C=O) groups excluding carboxylic acids is 1. The quantitative estimate of drug-likeness (QED) is 0.356. The zero-order valence-electron chi connectivity index (χ0n) is 18.0. The molecule has 30 heavy (non-hydrogen) atoms. The molecule has 4 rings (SSSR count). The number of hydrogen-bond donors (Lipinski definition) is 1. The fraction of sp³-hybridized carbons (Fsp3) is 0.792. The van der Waals surface area contributed by atoms with E-state index in [4.69, 9.17) is 4.74 Å². The van der Waals surface area contributed by atoms with E-state index in [1.54, 1.807) is 0 Å². The molecular weight excluding hydrogens is 393 g/mol. The first kappa shape index (κ1) is 21.9. The molecule has 0 aromatic carbocycles. The molecule has 168 valence electrons. The van der Waals surface area contributed by atoms with Crippen LogP contribution in [0.25, 0.3) is 0 Å². The fourth-order valence-electron chi connectivity index (χ4n) is 8.10. The lowest BCUT2D eigenvalue weighted by molar-refractivity contribution is -0.179. The number of fused-ring (bicyclic) bond motifs is 3. The Bertz CT molecular complexity index is 774. The Morgan fingerprint density at radius 1 is 1.20 bits per heavy atom. The first-order chi connectivity index (χ1) is 13.8. The molecule has 6 atom stereocenters. The molecule has 0 amide bonds. The van der Waals surface area contributed by atoms with E-state index >= 15 is 0 Å². The van der Waals surface area contributed by atoms with Gasteiger partial charge in [-0.3, -0.25) is 0 Å². The van der Waals surface area contributed by atoms with Gasteiger partial charge in [-0.15, -0.1) is 0 Å². The van der Waals surface area contributed by atoms with E-state index in [0.29, 0.717) is 17.9 Å². The van der Waals surface area contributed by atoms with Crippen LogP contribution < -0.4 is 0 Å². The Balaban J connectivity index is 1.52. The zero-order chi connectivity index (χ0) is 22.0. The summed E-state index contributed by atoms with van der Waals surface area (Å²) in [7, 11) is 0. The lowest BCUT2D eigenvalue weighted by atomic mass is 9.41. The molecule has 0 unspecified atom stereocenters. The molecule has 4 aliphatic carbocycles. The van der Waals surface area contributed by atoms with Crippen LogP contribution in [0.2, 0.25) is 0 Å². The SMILES string of the molecule is C=C1C[C@@]23CC[C@@H]4[C@](C)(COC(=O)/C=C/C(F)(F)F)CCC[C@@]4(C)[C@@H]2CC[C@]1(O)C3. The average molecular weight is 427 g/mol. The molecule has 1 N–H and O–H groups in total. The number of aliphatic hydroxyl groups is 1. The Morgan fingerprint density at radius 2 is 1.90 bits per heavy atom. The minimum absolute atomic E-state index is 0.0663. The lowest BCUT2D eigenvalue weighted by Crippen LogP contribution is -2.58. The Morgan fingerprint density at radius 3 is 2.60 bits per heavy atom. The van der Waals surface area contributed by atoms with E-state index < -0.39 is 17.7 Å². The van der Waals surface area contributed by atoms with Gasteiger partial charge in [0, 0.05) is 17.6 Å². The summed E-state index contributed by atoms with van der Waals surface area (Å²) in [5, 5.41) is 11.0. The van der Waals surface area contributed by atoms with Crippen molar-refractivity contribution in [2.24, 2.45) is 28.1 Å². The second kappa shape index (κ2) is 6.85.